The molecule has 0 unspecified atom stereocenters. The molecule has 0 heterocycles. The zero-order chi connectivity index (χ0) is 19.4. The van der Waals surface area contributed by atoms with Gasteiger partial charge in [0.15, 0.2) is 5.96 Å². The second kappa shape index (κ2) is 14.1. The second-order valence-corrected chi connectivity index (χ2v) is 7.64. The summed E-state index contributed by atoms with van der Waals surface area (Å²) in [6.07, 6.45) is 0.851. The summed E-state index contributed by atoms with van der Waals surface area (Å²) < 4.78 is 32.8. The van der Waals surface area contributed by atoms with Gasteiger partial charge in [-0.1, -0.05) is 12.1 Å². The first-order valence-corrected chi connectivity index (χ1v) is 10.6. The van der Waals surface area contributed by atoms with E-state index >= 15 is 0 Å². The number of guanidine groups is 1. The van der Waals surface area contributed by atoms with Gasteiger partial charge in [-0.25, -0.2) is 13.1 Å². The van der Waals surface area contributed by atoms with Gasteiger partial charge in [-0.15, -0.1) is 24.0 Å². The highest BCUT2D eigenvalue weighted by atomic mass is 127. The molecular weight excluding hydrogens is 479 g/mol. The highest BCUT2D eigenvalue weighted by Gasteiger charge is 2.16. The van der Waals surface area contributed by atoms with E-state index in [1.54, 1.807) is 13.0 Å². The Morgan fingerprint density at radius 1 is 1.15 bits per heavy atom. The van der Waals surface area contributed by atoms with Crippen molar-refractivity contribution in [2.45, 2.75) is 39.0 Å². The van der Waals surface area contributed by atoms with Crippen LogP contribution in [0.3, 0.4) is 0 Å². The van der Waals surface area contributed by atoms with Crippen molar-refractivity contribution in [2.75, 3.05) is 39.4 Å². The van der Waals surface area contributed by atoms with Crippen LogP contribution in [0.4, 0.5) is 0 Å². The summed E-state index contributed by atoms with van der Waals surface area (Å²) in [5.74, 6) is 0.676. The van der Waals surface area contributed by atoms with E-state index in [-0.39, 0.29) is 30.5 Å². The largest absolute Gasteiger partial charge is 0.382 e. The lowest BCUT2D eigenvalue weighted by atomic mass is 10.2. The quantitative estimate of drug-likeness (QED) is 0.183. The molecule has 0 bridgehead atoms. The van der Waals surface area contributed by atoms with E-state index in [0.29, 0.717) is 37.2 Å². The van der Waals surface area contributed by atoms with E-state index in [2.05, 4.69) is 20.3 Å². The molecule has 0 aliphatic rings. The molecule has 0 saturated heterocycles. The second-order valence-electron chi connectivity index (χ2n) is 5.90. The van der Waals surface area contributed by atoms with Crippen molar-refractivity contribution in [3.8, 4) is 0 Å². The van der Waals surface area contributed by atoms with E-state index < -0.39 is 10.0 Å². The lowest BCUT2D eigenvalue weighted by Gasteiger charge is -2.13. The number of rotatable bonds is 11. The zero-order valence-electron chi connectivity index (χ0n) is 16.7. The lowest BCUT2D eigenvalue weighted by molar-refractivity contribution is 0.146. The molecule has 0 atom stereocenters. The van der Waals surface area contributed by atoms with Gasteiger partial charge in [-0.3, -0.25) is 4.99 Å². The molecule has 0 spiro atoms. The van der Waals surface area contributed by atoms with Gasteiger partial charge < -0.3 is 15.4 Å². The molecule has 0 amide bonds. The van der Waals surface area contributed by atoms with Gasteiger partial charge >= 0.3 is 0 Å². The summed E-state index contributed by atoms with van der Waals surface area (Å²) in [4.78, 5) is 4.77. The third kappa shape index (κ3) is 10.3. The predicted molar refractivity (Wildman–Crippen MR) is 122 cm³/mol. The normalized spacial score (nSPS) is 11.8. The van der Waals surface area contributed by atoms with Crippen LogP contribution in [0.5, 0.6) is 0 Å². The average Bonchev–Trinajstić information content (AvgIpc) is 2.60. The first-order chi connectivity index (χ1) is 12.4. The van der Waals surface area contributed by atoms with Crippen LogP contribution in [-0.4, -0.2) is 53.8 Å². The molecule has 0 saturated carbocycles. The summed E-state index contributed by atoms with van der Waals surface area (Å²) in [6.45, 7) is 11.1. The van der Waals surface area contributed by atoms with Crippen LogP contribution < -0.4 is 15.4 Å². The molecule has 7 nitrogen and oxygen atoms in total. The number of aliphatic imine (C=N–C) groups is 1. The van der Waals surface area contributed by atoms with Gasteiger partial charge in [-0.05, 0) is 51.3 Å². The van der Waals surface area contributed by atoms with Gasteiger partial charge in [0.2, 0.25) is 10.0 Å². The molecule has 0 fully saturated rings. The molecule has 0 aliphatic heterocycles. The summed E-state index contributed by atoms with van der Waals surface area (Å²) in [7, 11) is -3.52. The van der Waals surface area contributed by atoms with E-state index in [4.69, 9.17) is 4.74 Å². The van der Waals surface area contributed by atoms with E-state index in [0.717, 1.165) is 24.1 Å². The maximum Gasteiger partial charge on any atom is 0.240 e. The highest BCUT2D eigenvalue weighted by molar-refractivity contribution is 14.0. The van der Waals surface area contributed by atoms with Gasteiger partial charge in [0, 0.05) is 39.4 Å². The van der Waals surface area contributed by atoms with Crippen LogP contribution in [0.25, 0.3) is 0 Å². The highest BCUT2D eigenvalue weighted by Crippen LogP contribution is 2.16. The Kier molecular flexibility index (Phi) is 13.7. The van der Waals surface area contributed by atoms with Crippen molar-refractivity contribution in [1.82, 2.24) is 15.4 Å². The fourth-order valence-corrected chi connectivity index (χ4v) is 3.64. The van der Waals surface area contributed by atoms with E-state index in [1.165, 1.54) is 0 Å². The number of hydrogen-bond donors (Lipinski definition) is 3. The first kappa shape index (κ1) is 26.1. The number of nitrogens with one attached hydrogen (secondary N) is 3. The molecule has 1 aromatic rings. The molecule has 3 N–H and O–H groups in total. The predicted octanol–water partition coefficient (Wildman–Crippen LogP) is 2.18. The van der Waals surface area contributed by atoms with Crippen molar-refractivity contribution < 1.29 is 13.2 Å². The smallest absolute Gasteiger partial charge is 0.240 e. The molecule has 0 aliphatic carbocycles. The SMILES string of the molecule is CCNC(=NCCCOCC)NCCNS(=O)(=O)c1cc(C)ccc1C.I. The third-order valence-corrected chi connectivity index (χ3v) is 5.21. The summed E-state index contributed by atoms with van der Waals surface area (Å²) in [5, 5.41) is 6.27. The van der Waals surface area contributed by atoms with Gasteiger partial charge in [0.05, 0.1) is 4.90 Å². The number of halogens is 1. The Morgan fingerprint density at radius 3 is 2.56 bits per heavy atom. The third-order valence-electron chi connectivity index (χ3n) is 3.61. The minimum absolute atomic E-state index is 0. The molecule has 0 radical (unpaired) electrons. The maximum absolute atomic E-state index is 12.4. The number of sulfonamides is 1. The number of ether oxygens (including phenoxy) is 1. The molecule has 1 rings (SSSR count). The van der Waals surface area contributed by atoms with Crippen LogP contribution in [0.1, 0.15) is 31.4 Å². The Balaban J connectivity index is 0.00000676. The molecule has 1 aromatic carbocycles. The van der Waals surface area contributed by atoms with E-state index in [9.17, 15) is 8.42 Å². The van der Waals surface area contributed by atoms with Crippen LogP contribution in [0.15, 0.2) is 28.1 Å². The Bertz CT molecular complexity index is 681. The fourth-order valence-electron chi connectivity index (χ4n) is 2.28. The number of benzene rings is 1. The summed E-state index contributed by atoms with van der Waals surface area (Å²) >= 11 is 0. The van der Waals surface area contributed by atoms with Gasteiger partial charge in [-0.2, -0.15) is 0 Å². The standard InChI is InChI=1S/C18H32N4O3S.HI/c1-5-19-18(20-10-7-13-25-6-2)21-11-12-22-26(23,24)17-14-15(3)8-9-16(17)4;/h8-9,14,22H,5-7,10-13H2,1-4H3,(H2,19,20,21);1H. The summed E-state index contributed by atoms with van der Waals surface area (Å²) in [6, 6.07) is 5.41. The molecule has 9 heteroatoms. The topological polar surface area (TPSA) is 91.8 Å². The number of hydrogen-bond acceptors (Lipinski definition) is 4. The number of aryl methyl sites for hydroxylation is 2. The Labute approximate surface area is 180 Å². The van der Waals surface area contributed by atoms with Crippen LogP contribution in [0.2, 0.25) is 0 Å². The Morgan fingerprint density at radius 2 is 1.89 bits per heavy atom. The minimum atomic E-state index is -3.52. The minimum Gasteiger partial charge on any atom is -0.382 e. The Hall–Kier alpha value is -0.910. The molecule has 27 heavy (non-hydrogen) atoms. The van der Waals surface area contributed by atoms with E-state index in [1.807, 2.05) is 32.9 Å². The average molecular weight is 512 g/mol. The summed E-state index contributed by atoms with van der Waals surface area (Å²) in [5.41, 5.74) is 1.66. The zero-order valence-corrected chi connectivity index (χ0v) is 19.8. The monoisotopic (exact) mass is 512 g/mol. The van der Waals surface area contributed by atoms with Crippen LogP contribution in [-0.2, 0) is 14.8 Å². The molecular formula is C18H33IN4O3S. The van der Waals surface area contributed by atoms with Crippen molar-refractivity contribution in [3.63, 3.8) is 0 Å². The first-order valence-electron chi connectivity index (χ1n) is 9.07. The van der Waals surface area contributed by atoms with Crippen molar-refractivity contribution in [1.29, 1.82) is 0 Å². The molecule has 0 aromatic heterocycles. The lowest BCUT2D eigenvalue weighted by Crippen LogP contribution is -2.41. The van der Waals surface area contributed by atoms with Gasteiger partial charge in [0.1, 0.15) is 0 Å². The van der Waals surface area contributed by atoms with Crippen molar-refractivity contribution >= 4 is 40.0 Å². The number of nitrogens with zero attached hydrogens (tertiary/aromatic N) is 1. The van der Waals surface area contributed by atoms with Crippen molar-refractivity contribution in [2.24, 2.45) is 4.99 Å². The van der Waals surface area contributed by atoms with Crippen LogP contribution >= 0.6 is 24.0 Å². The van der Waals surface area contributed by atoms with Gasteiger partial charge in [0.25, 0.3) is 0 Å². The maximum atomic E-state index is 12.4. The molecule has 156 valence electrons. The fraction of sp³-hybridized carbons (Fsp3) is 0.611. The van der Waals surface area contributed by atoms with Crippen LogP contribution in [0, 0.1) is 13.8 Å². The van der Waals surface area contributed by atoms with Crippen molar-refractivity contribution in [3.05, 3.63) is 29.3 Å².